The summed E-state index contributed by atoms with van der Waals surface area (Å²) < 4.78 is 0. The van der Waals surface area contributed by atoms with Gasteiger partial charge in [-0.3, -0.25) is 9.59 Å². The zero-order chi connectivity index (χ0) is 15.4. The van der Waals surface area contributed by atoms with Gasteiger partial charge in [0, 0.05) is 25.6 Å². The van der Waals surface area contributed by atoms with Gasteiger partial charge in [0.1, 0.15) is 0 Å². The van der Waals surface area contributed by atoms with Crippen LogP contribution in [0, 0.1) is 12.8 Å². The number of carbonyl (C=O) groups is 2. The zero-order valence-corrected chi connectivity index (χ0v) is 13.1. The van der Waals surface area contributed by atoms with Gasteiger partial charge in [-0.25, -0.2) is 0 Å². The van der Waals surface area contributed by atoms with Crippen LogP contribution >= 0.6 is 0 Å². The number of nitrogens with zero attached hydrogens (tertiary/aromatic N) is 1. The molecule has 0 bridgehead atoms. The zero-order valence-electron chi connectivity index (χ0n) is 13.1. The predicted octanol–water partition coefficient (Wildman–Crippen LogP) is 2.26. The van der Waals surface area contributed by atoms with Crippen molar-refractivity contribution >= 4 is 11.8 Å². The molecule has 4 heteroatoms. The van der Waals surface area contributed by atoms with E-state index in [4.69, 9.17) is 0 Å². The Labute approximate surface area is 126 Å². The SMILES string of the molecule is CC[C@H](C)NC(=O)[C@H]1CC(=O)N(Cc2ccc(C)cc2)C1. The standard InChI is InChI=1S/C17H24N2O2/c1-4-13(3)18-17(21)15-9-16(20)19(11-15)10-14-7-5-12(2)6-8-14/h5-8,13,15H,4,9-11H2,1-3H3,(H,18,21)/t13-,15-/m0/s1. The summed E-state index contributed by atoms with van der Waals surface area (Å²) in [5.41, 5.74) is 2.31. The maximum atomic E-state index is 12.1. The lowest BCUT2D eigenvalue weighted by molar-refractivity contribution is -0.129. The molecule has 1 fully saturated rings. The minimum atomic E-state index is -0.211. The topological polar surface area (TPSA) is 49.4 Å². The average Bonchev–Trinajstić information content (AvgIpc) is 2.82. The number of nitrogens with one attached hydrogen (secondary N) is 1. The Morgan fingerprint density at radius 1 is 1.38 bits per heavy atom. The van der Waals surface area contributed by atoms with Crippen LogP contribution in [-0.4, -0.2) is 29.3 Å². The van der Waals surface area contributed by atoms with Crippen molar-refractivity contribution in [1.29, 1.82) is 0 Å². The highest BCUT2D eigenvalue weighted by atomic mass is 16.2. The van der Waals surface area contributed by atoms with Gasteiger partial charge in [0.2, 0.25) is 11.8 Å². The van der Waals surface area contributed by atoms with Crippen LogP contribution < -0.4 is 5.32 Å². The molecule has 2 atom stereocenters. The Morgan fingerprint density at radius 2 is 2.05 bits per heavy atom. The normalized spacial score (nSPS) is 19.7. The molecule has 1 aromatic carbocycles. The lowest BCUT2D eigenvalue weighted by atomic mass is 10.1. The van der Waals surface area contributed by atoms with Crippen LogP contribution in [-0.2, 0) is 16.1 Å². The molecule has 0 aromatic heterocycles. The van der Waals surface area contributed by atoms with Gasteiger partial charge < -0.3 is 10.2 Å². The van der Waals surface area contributed by atoms with Crippen LogP contribution in [0.3, 0.4) is 0 Å². The molecule has 0 unspecified atom stereocenters. The van der Waals surface area contributed by atoms with Crippen molar-refractivity contribution in [3.8, 4) is 0 Å². The number of amides is 2. The number of rotatable bonds is 5. The maximum Gasteiger partial charge on any atom is 0.225 e. The van der Waals surface area contributed by atoms with E-state index in [0.717, 1.165) is 12.0 Å². The summed E-state index contributed by atoms with van der Waals surface area (Å²) >= 11 is 0. The van der Waals surface area contributed by atoms with Crippen LogP contribution in [0.4, 0.5) is 0 Å². The van der Waals surface area contributed by atoms with Crippen molar-refractivity contribution in [2.45, 2.75) is 46.2 Å². The molecule has 1 saturated heterocycles. The molecule has 0 saturated carbocycles. The van der Waals surface area contributed by atoms with Crippen molar-refractivity contribution in [3.63, 3.8) is 0 Å². The highest BCUT2D eigenvalue weighted by molar-refractivity contribution is 5.89. The molecular weight excluding hydrogens is 264 g/mol. The van der Waals surface area contributed by atoms with Crippen molar-refractivity contribution in [2.75, 3.05) is 6.54 Å². The number of aryl methyl sites for hydroxylation is 1. The van der Waals surface area contributed by atoms with Crippen LogP contribution in [0.2, 0.25) is 0 Å². The van der Waals surface area contributed by atoms with Crippen molar-refractivity contribution in [2.24, 2.45) is 5.92 Å². The van der Waals surface area contributed by atoms with Gasteiger partial charge in [0.15, 0.2) is 0 Å². The Kier molecular flexibility index (Phi) is 4.99. The molecule has 1 N–H and O–H groups in total. The van der Waals surface area contributed by atoms with Gasteiger partial charge in [0.25, 0.3) is 0 Å². The quantitative estimate of drug-likeness (QED) is 0.903. The first kappa shape index (κ1) is 15.5. The van der Waals surface area contributed by atoms with Crippen molar-refractivity contribution in [1.82, 2.24) is 10.2 Å². The van der Waals surface area contributed by atoms with Crippen molar-refractivity contribution in [3.05, 3.63) is 35.4 Å². The van der Waals surface area contributed by atoms with E-state index in [1.807, 2.05) is 45.0 Å². The highest BCUT2D eigenvalue weighted by Gasteiger charge is 2.34. The minimum Gasteiger partial charge on any atom is -0.353 e. The lowest BCUT2D eigenvalue weighted by Gasteiger charge is -2.18. The first-order valence-corrected chi connectivity index (χ1v) is 7.63. The molecular formula is C17H24N2O2. The van der Waals surface area contributed by atoms with Crippen LogP contribution in [0.5, 0.6) is 0 Å². The van der Waals surface area contributed by atoms with E-state index in [1.165, 1.54) is 5.56 Å². The molecule has 0 aliphatic carbocycles. The van der Waals surface area contributed by atoms with Crippen LogP contribution in [0.25, 0.3) is 0 Å². The van der Waals surface area contributed by atoms with Gasteiger partial charge in [0.05, 0.1) is 5.92 Å². The summed E-state index contributed by atoms with van der Waals surface area (Å²) in [6.07, 6.45) is 1.23. The Balaban J connectivity index is 1.93. The number of hydrogen-bond acceptors (Lipinski definition) is 2. The number of carbonyl (C=O) groups excluding carboxylic acids is 2. The lowest BCUT2D eigenvalue weighted by Crippen LogP contribution is -2.38. The number of benzene rings is 1. The molecule has 21 heavy (non-hydrogen) atoms. The third kappa shape index (κ3) is 4.06. The summed E-state index contributed by atoms with van der Waals surface area (Å²) in [6, 6.07) is 8.33. The molecule has 1 heterocycles. The fourth-order valence-electron chi connectivity index (χ4n) is 2.48. The van der Waals surface area contributed by atoms with E-state index in [9.17, 15) is 9.59 Å². The fraction of sp³-hybridized carbons (Fsp3) is 0.529. The smallest absolute Gasteiger partial charge is 0.225 e. The second-order valence-corrected chi connectivity index (χ2v) is 5.98. The fourth-order valence-corrected chi connectivity index (χ4v) is 2.48. The van der Waals surface area contributed by atoms with E-state index in [2.05, 4.69) is 5.32 Å². The maximum absolute atomic E-state index is 12.1. The second-order valence-electron chi connectivity index (χ2n) is 5.98. The largest absolute Gasteiger partial charge is 0.353 e. The first-order valence-electron chi connectivity index (χ1n) is 7.63. The third-order valence-corrected chi connectivity index (χ3v) is 4.08. The van der Waals surface area contributed by atoms with Gasteiger partial charge in [-0.05, 0) is 25.8 Å². The summed E-state index contributed by atoms with van der Waals surface area (Å²) in [7, 11) is 0. The van der Waals surface area contributed by atoms with E-state index in [0.29, 0.717) is 19.5 Å². The number of likely N-dealkylation sites (tertiary alicyclic amines) is 1. The van der Waals surface area contributed by atoms with E-state index >= 15 is 0 Å². The summed E-state index contributed by atoms with van der Waals surface area (Å²) in [6.45, 7) is 7.18. The van der Waals surface area contributed by atoms with E-state index in [1.54, 1.807) is 4.90 Å². The van der Waals surface area contributed by atoms with Gasteiger partial charge in [-0.15, -0.1) is 0 Å². The van der Waals surface area contributed by atoms with E-state index < -0.39 is 0 Å². The summed E-state index contributed by atoms with van der Waals surface area (Å²) in [5.74, 6) is -0.138. The van der Waals surface area contributed by atoms with E-state index in [-0.39, 0.29) is 23.8 Å². The molecule has 0 spiro atoms. The molecule has 1 aliphatic rings. The van der Waals surface area contributed by atoms with Gasteiger partial charge in [-0.2, -0.15) is 0 Å². The van der Waals surface area contributed by atoms with Gasteiger partial charge >= 0.3 is 0 Å². The minimum absolute atomic E-state index is 0.00380. The molecule has 1 aromatic rings. The Hall–Kier alpha value is -1.84. The van der Waals surface area contributed by atoms with Crippen LogP contribution in [0.1, 0.15) is 37.8 Å². The average molecular weight is 288 g/mol. The van der Waals surface area contributed by atoms with Crippen LogP contribution in [0.15, 0.2) is 24.3 Å². The predicted molar refractivity (Wildman–Crippen MR) is 82.6 cm³/mol. The highest BCUT2D eigenvalue weighted by Crippen LogP contribution is 2.20. The second kappa shape index (κ2) is 6.74. The van der Waals surface area contributed by atoms with Crippen molar-refractivity contribution < 1.29 is 9.59 Å². The summed E-state index contributed by atoms with van der Waals surface area (Å²) in [4.78, 5) is 26.0. The molecule has 2 amide bonds. The molecule has 1 aliphatic heterocycles. The third-order valence-electron chi connectivity index (χ3n) is 4.08. The molecule has 114 valence electrons. The Morgan fingerprint density at radius 3 is 2.67 bits per heavy atom. The first-order chi connectivity index (χ1) is 9.99. The monoisotopic (exact) mass is 288 g/mol. The Bertz CT molecular complexity index is 510. The molecule has 0 radical (unpaired) electrons. The number of hydrogen-bond donors (Lipinski definition) is 1. The molecule has 2 rings (SSSR count). The van der Waals surface area contributed by atoms with Gasteiger partial charge in [-0.1, -0.05) is 36.8 Å². The summed E-state index contributed by atoms with van der Waals surface area (Å²) in [5, 5.41) is 2.97. The molecule has 4 nitrogen and oxygen atoms in total.